The summed E-state index contributed by atoms with van der Waals surface area (Å²) in [5, 5.41) is 0. The topological polar surface area (TPSA) is 72.4 Å². The lowest BCUT2D eigenvalue weighted by atomic mass is 9.97. The molecule has 4 aromatic carbocycles. The van der Waals surface area contributed by atoms with Crippen molar-refractivity contribution in [3.63, 3.8) is 0 Å². The van der Waals surface area contributed by atoms with Crippen molar-refractivity contribution in [1.82, 2.24) is 0 Å². The van der Waals surface area contributed by atoms with Crippen molar-refractivity contribution in [3.8, 4) is 0 Å². The minimum absolute atomic E-state index is 0.334. The second-order valence-electron chi connectivity index (χ2n) is 10.2. The van der Waals surface area contributed by atoms with E-state index >= 15 is 0 Å². The molecule has 0 spiro atoms. The number of ether oxygens (including phenoxy) is 1. The van der Waals surface area contributed by atoms with Gasteiger partial charge in [0.15, 0.2) is 19.6 Å². The molecule has 0 bridgehead atoms. The van der Waals surface area contributed by atoms with Gasteiger partial charge in [0, 0.05) is 63.5 Å². The third-order valence-corrected chi connectivity index (χ3v) is 10.3. The molecule has 0 N–H and O–H groups in total. The highest BCUT2D eigenvalue weighted by Crippen LogP contribution is 2.36. The summed E-state index contributed by atoms with van der Waals surface area (Å²) < 4.78 is 30.2. The molecule has 0 aromatic heterocycles. The van der Waals surface area contributed by atoms with Crippen LogP contribution in [0.4, 0.5) is 0 Å². The molecule has 0 saturated carbocycles. The Bertz CT molecular complexity index is 1530. The molecule has 6 rings (SSSR count). The van der Waals surface area contributed by atoms with E-state index in [1.807, 2.05) is 49.4 Å². The van der Waals surface area contributed by atoms with E-state index in [1.165, 1.54) is 16.7 Å². The lowest BCUT2D eigenvalue weighted by molar-refractivity contribution is 0.0526. The lowest BCUT2D eigenvalue weighted by Gasteiger charge is -2.22. The molecule has 39 heavy (non-hydrogen) atoms. The third-order valence-electron chi connectivity index (χ3n) is 7.08. The van der Waals surface area contributed by atoms with Crippen LogP contribution in [0.15, 0.2) is 98.4 Å². The highest BCUT2D eigenvalue weighted by Gasteiger charge is 2.30. The van der Waals surface area contributed by atoms with Crippen LogP contribution in [-0.2, 0) is 39.9 Å². The van der Waals surface area contributed by atoms with E-state index in [4.69, 9.17) is 4.74 Å². The van der Waals surface area contributed by atoms with E-state index in [9.17, 15) is 13.9 Å². The van der Waals surface area contributed by atoms with Crippen LogP contribution >= 0.6 is 0 Å². The molecule has 2 aliphatic heterocycles. The SMILES string of the molecule is CC(C)c1ccc2c(c1)Cc1ccccc1[S+]2[O-].CCOC(=O)c1ccc2c(c1)[S+]([O-])c1ccc(C)cc1C2. The first kappa shape index (κ1) is 27.5. The van der Waals surface area contributed by atoms with E-state index < -0.39 is 22.4 Å². The summed E-state index contributed by atoms with van der Waals surface area (Å²) in [5.74, 6) is 0.146. The van der Waals surface area contributed by atoms with E-state index in [1.54, 1.807) is 19.1 Å². The van der Waals surface area contributed by atoms with Crippen molar-refractivity contribution >= 4 is 28.3 Å². The quantitative estimate of drug-likeness (QED) is 0.199. The maximum absolute atomic E-state index is 12.7. The van der Waals surface area contributed by atoms with Crippen LogP contribution in [0.2, 0.25) is 0 Å². The monoisotopic (exact) mass is 556 g/mol. The molecular weight excluding hydrogens is 524 g/mol. The van der Waals surface area contributed by atoms with Gasteiger partial charge in [0.05, 0.1) is 12.2 Å². The fraction of sp³-hybridized carbons (Fsp3) is 0.242. The number of esters is 1. The van der Waals surface area contributed by atoms with Crippen molar-refractivity contribution in [2.45, 2.75) is 66.0 Å². The zero-order valence-corrected chi connectivity index (χ0v) is 24.3. The molecular formula is C33H32O4S2. The smallest absolute Gasteiger partial charge is 0.338 e. The molecule has 0 radical (unpaired) electrons. The van der Waals surface area contributed by atoms with Crippen LogP contribution in [0.1, 0.15) is 70.4 Å². The molecule has 200 valence electrons. The van der Waals surface area contributed by atoms with Crippen LogP contribution in [0.3, 0.4) is 0 Å². The maximum Gasteiger partial charge on any atom is 0.338 e. The van der Waals surface area contributed by atoms with Gasteiger partial charge in [-0.15, -0.1) is 0 Å². The van der Waals surface area contributed by atoms with Crippen LogP contribution in [-0.4, -0.2) is 21.7 Å². The van der Waals surface area contributed by atoms with E-state index in [0.29, 0.717) is 18.1 Å². The highest BCUT2D eigenvalue weighted by atomic mass is 32.2. The van der Waals surface area contributed by atoms with Gasteiger partial charge in [0.25, 0.3) is 0 Å². The fourth-order valence-electron chi connectivity index (χ4n) is 5.00. The first-order valence-electron chi connectivity index (χ1n) is 13.2. The molecule has 2 heterocycles. The second-order valence-corrected chi connectivity index (χ2v) is 13.0. The third kappa shape index (κ3) is 5.66. The van der Waals surface area contributed by atoms with Gasteiger partial charge in [0.2, 0.25) is 0 Å². The lowest BCUT2D eigenvalue weighted by Crippen LogP contribution is -2.16. The van der Waals surface area contributed by atoms with Crippen molar-refractivity contribution in [2.75, 3.05) is 6.61 Å². The molecule has 4 aromatic rings. The molecule has 6 heteroatoms. The summed E-state index contributed by atoms with van der Waals surface area (Å²) in [5.41, 5.74) is 7.48. The standard InChI is InChI=1S/C17H16O3S.C16H16OS/c1-3-20-17(18)13-6-5-12-9-14-8-11(2)4-7-15(14)21(19)16(12)10-13;1-11(2)12-7-8-16-14(9-12)10-13-5-3-4-6-15(13)18(16)17/h4-8,10H,3,9H2,1-2H3;3-9,11H,10H2,1-2H3. The van der Waals surface area contributed by atoms with Gasteiger partial charge >= 0.3 is 5.97 Å². The van der Waals surface area contributed by atoms with Crippen LogP contribution in [0.5, 0.6) is 0 Å². The average molecular weight is 557 g/mol. The molecule has 4 nitrogen and oxygen atoms in total. The number of carbonyl (C=O) groups is 1. The van der Waals surface area contributed by atoms with Gasteiger partial charge in [-0.1, -0.05) is 67.9 Å². The zero-order valence-electron chi connectivity index (χ0n) is 22.7. The van der Waals surface area contributed by atoms with Gasteiger partial charge in [0.1, 0.15) is 0 Å². The normalized spacial score (nSPS) is 16.7. The first-order valence-corrected chi connectivity index (χ1v) is 15.5. The Morgan fingerprint density at radius 3 is 2.10 bits per heavy atom. The Kier molecular flexibility index (Phi) is 8.19. The summed E-state index contributed by atoms with van der Waals surface area (Å²) in [7, 11) is 0. The van der Waals surface area contributed by atoms with Gasteiger partial charge in [-0.25, -0.2) is 4.79 Å². The number of carbonyl (C=O) groups excluding carboxylic acids is 1. The summed E-state index contributed by atoms with van der Waals surface area (Å²) in [4.78, 5) is 15.3. The Hall–Kier alpha value is -3.03. The van der Waals surface area contributed by atoms with Gasteiger partial charge in [-0.3, -0.25) is 0 Å². The predicted molar refractivity (Wildman–Crippen MR) is 156 cm³/mol. The van der Waals surface area contributed by atoms with Crippen LogP contribution in [0.25, 0.3) is 0 Å². The Balaban J connectivity index is 0.000000160. The van der Waals surface area contributed by atoms with E-state index in [0.717, 1.165) is 49.1 Å². The average Bonchev–Trinajstić information content (AvgIpc) is 2.93. The van der Waals surface area contributed by atoms with Gasteiger partial charge in [-0.2, -0.15) is 0 Å². The number of hydrogen-bond acceptors (Lipinski definition) is 4. The largest absolute Gasteiger partial charge is 0.606 e. The number of fused-ring (bicyclic) bond motifs is 4. The molecule has 2 aliphatic rings. The van der Waals surface area contributed by atoms with Crippen molar-refractivity contribution in [3.05, 3.63) is 118 Å². The molecule has 2 unspecified atom stereocenters. The molecule has 0 aliphatic carbocycles. The van der Waals surface area contributed by atoms with Gasteiger partial charge in [-0.05, 0) is 49.6 Å². The Labute approximate surface area is 236 Å². The van der Waals surface area contributed by atoms with E-state index in [-0.39, 0.29) is 5.97 Å². The Morgan fingerprint density at radius 2 is 1.38 bits per heavy atom. The summed E-state index contributed by atoms with van der Waals surface area (Å²) >= 11 is -2.25. The minimum atomic E-state index is -1.24. The van der Waals surface area contributed by atoms with Crippen LogP contribution < -0.4 is 0 Å². The van der Waals surface area contributed by atoms with Gasteiger partial charge < -0.3 is 13.8 Å². The number of rotatable bonds is 3. The highest BCUT2D eigenvalue weighted by molar-refractivity contribution is 7.92. The zero-order chi connectivity index (χ0) is 27.7. The number of benzene rings is 4. The molecule has 0 amide bonds. The fourth-order valence-corrected chi connectivity index (χ4v) is 7.79. The number of aryl methyl sites for hydroxylation is 1. The predicted octanol–water partition coefficient (Wildman–Crippen LogP) is 7.12. The number of hydrogen-bond donors (Lipinski definition) is 0. The summed E-state index contributed by atoms with van der Waals surface area (Å²) in [6.07, 6.45) is 1.65. The molecule has 0 saturated heterocycles. The second kappa shape index (κ2) is 11.6. The Morgan fingerprint density at radius 1 is 0.769 bits per heavy atom. The van der Waals surface area contributed by atoms with Crippen molar-refractivity contribution in [1.29, 1.82) is 0 Å². The van der Waals surface area contributed by atoms with E-state index in [2.05, 4.69) is 38.1 Å². The van der Waals surface area contributed by atoms with Crippen molar-refractivity contribution < 1.29 is 18.6 Å². The molecule has 0 fully saturated rings. The molecule has 2 atom stereocenters. The minimum Gasteiger partial charge on any atom is -0.606 e. The van der Waals surface area contributed by atoms with Crippen LogP contribution in [0, 0.1) is 6.92 Å². The summed E-state index contributed by atoms with van der Waals surface area (Å²) in [6, 6.07) is 25.7. The maximum atomic E-state index is 12.7. The first-order chi connectivity index (χ1) is 18.8. The van der Waals surface area contributed by atoms with Crippen molar-refractivity contribution in [2.24, 2.45) is 0 Å². The summed E-state index contributed by atoms with van der Waals surface area (Å²) in [6.45, 7) is 8.52.